The molecule has 0 spiro atoms. The monoisotopic (exact) mass is 409 g/mol. The highest BCUT2D eigenvalue weighted by Gasteiger charge is 2.26. The summed E-state index contributed by atoms with van der Waals surface area (Å²) in [5.41, 5.74) is 3.85. The normalized spacial score (nSPS) is 19.4. The highest BCUT2D eigenvalue weighted by atomic mass is 79.9. The summed E-state index contributed by atoms with van der Waals surface area (Å²) >= 11 is 7.10. The predicted molar refractivity (Wildman–Crippen MR) is 88.0 cm³/mol. The molecule has 0 fully saturated rings. The third-order valence-corrected chi connectivity index (χ3v) is 5.84. The van der Waals surface area contributed by atoms with E-state index in [1.807, 2.05) is 0 Å². The maximum atomic E-state index is 5.52. The zero-order valence-electron chi connectivity index (χ0n) is 11.2. The molecule has 0 aromatic heterocycles. The van der Waals surface area contributed by atoms with Crippen molar-refractivity contribution >= 4 is 31.9 Å². The van der Waals surface area contributed by atoms with E-state index in [0.717, 1.165) is 33.4 Å². The maximum absolute atomic E-state index is 5.52. The molecule has 2 heterocycles. The highest BCUT2D eigenvalue weighted by Crippen LogP contribution is 2.40. The van der Waals surface area contributed by atoms with E-state index in [9.17, 15) is 0 Å². The van der Waals surface area contributed by atoms with E-state index in [1.54, 1.807) is 0 Å². The van der Waals surface area contributed by atoms with Crippen LogP contribution in [0.2, 0.25) is 0 Å². The summed E-state index contributed by atoms with van der Waals surface area (Å²) < 4.78 is 13.1. The number of hydrogen-bond acceptors (Lipinski definition) is 3. The minimum Gasteiger partial charge on any atom is -0.454 e. The first-order chi connectivity index (χ1) is 10.2. The zero-order valence-corrected chi connectivity index (χ0v) is 14.3. The van der Waals surface area contributed by atoms with Crippen molar-refractivity contribution in [1.82, 2.24) is 5.32 Å². The first-order valence-electron chi connectivity index (χ1n) is 6.83. The Balaban J connectivity index is 1.80. The largest absolute Gasteiger partial charge is 0.454 e. The van der Waals surface area contributed by atoms with Crippen LogP contribution in [0, 0.1) is 0 Å². The van der Waals surface area contributed by atoms with Gasteiger partial charge in [-0.3, -0.25) is 0 Å². The van der Waals surface area contributed by atoms with Crippen LogP contribution < -0.4 is 14.8 Å². The average Bonchev–Trinajstić information content (AvgIpc) is 2.94. The second-order valence-electron chi connectivity index (χ2n) is 5.21. The van der Waals surface area contributed by atoms with E-state index in [1.165, 1.54) is 16.7 Å². The van der Waals surface area contributed by atoms with Crippen molar-refractivity contribution in [2.24, 2.45) is 0 Å². The molecule has 1 atom stereocenters. The number of ether oxygens (including phenoxy) is 2. The standard InChI is InChI=1S/C16H13Br2NO2/c17-12-2-1-10(5-13(12)18)16-11-7-15-14(20-8-21-15)6-9(11)3-4-19-16/h1-2,5-7,16,19H,3-4,8H2. The molecule has 21 heavy (non-hydrogen) atoms. The maximum Gasteiger partial charge on any atom is 0.231 e. The molecule has 0 aliphatic carbocycles. The van der Waals surface area contributed by atoms with Gasteiger partial charge in [0.1, 0.15) is 0 Å². The summed E-state index contributed by atoms with van der Waals surface area (Å²) in [6.45, 7) is 1.28. The Kier molecular flexibility index (Phi) is 3.44. The molecule has 0 radical (unpaired) electrons. The van der Waals surface area contributed by atoms with Crippen LogP contribution in [0.3, 0.4) is 0 Å². The van der Waals surface area contributed by atoms with Crippen LogP contribution in [-0.4, -0.2) is 13.3 Å². The van der Waals surface area contributed by atoms with Crippen molar-refractivity contribution < 1.29 is 9.47 Å². The van der Waals surface area contributed by atoms with Crippen molar-refractivity contribution in [2.45, 2.75) is 12.5 Å². The molecule has 5 heteroatoms. The van der Waals surface area contributed by atoms with Crippen LogP contribution in [0.5, 0.6) is 11.5 Å². The lowest BCUT2D eigenvalue weighted by atomic mass is 9.89. The van der Waals surface area contributed by atoms with Gasteiger partial charge in [0.2, 0.25) is 6.79 Å². The van der Waals surface area contributed by atoms with Gasteiger partial charge in [0.05, 0.1) is 6.04 Å². The Bertz CT molecular complexity index is 718. The SMILES string of the molecule is Brc1ccc(C2NCCc3cc4c(cc32)OCO4)cc1Br. The van der Waals surface area contributed by atoms with E-state index >= 15 is 0 Å². The Morgan fingerprint density at radius 2 is 1.81 bits per heavy atom. The van der Waals surface area contributed by atoms with Gasteiger partial charge in [-0.15, -0.1) is 0 Å². The number of halogens is 2. The third kappa shape index (κ3) is 2.37. The molecule has 2 aliphatic heterocycles. The first kappa shape index (κ1) is 13.6. The van der Waals surface area contributed by atoms with Crippen molar-refractivity contribution in [1.29, 1.82) is 0 Å². The number of benzene rings is 2. The van der Waals surface area contributed by atoms with Gasteiger partial charge in [0.15, 0.2) is 11.5 Å². The molecule has 2 aliphatic rings. The second-order valence-corrected chi connectivity index (χ2v) is 6.92. The summed E-state index contributed by atoms with van der Waals surface area (Å²) in [7, 11) is 0. The fourth-order valence-corrected chi connectivity index (χ4v) is 3.58. The quantitative estimate of drug-likeness (QED) is 0.765. The number of rotatable bonds is 1. The summed E-state index contributed by atoms with van der Waals surface area (Å²) in [5, 5.41) is 3.60. The molecule has 4 rings (SSSR count). The average molecular weight is 411 g/mol. The van der Waals surface area contributed by atoms with Crippen LogP contribution in [0.25, 0.3) is 0 Å². The Hall–Kier alpha value is -1.04. The van der Waals surface area contributed by atoms with Gasteiger partial charge in [0, 0.05) is 15.5 Å². The fourth-order valence-electron chi connectivity index (χ4n) is 2.94. The predicted octanol–water partition coefficient (Wildman–Crippen LogP) is 4.18. The lowest BCUT2D eigenvalue weighted by molar-refractivity contribution is 0.174. The minimum atomic E-state index is 0.188. The Morgan fingerprint density at radius 3 is 2.62 bits per heavy atom. The second kappa shape index (κ2) is 5.30. The van der Waals surface area contributed by atoms with Gasteiger partial charge in [0.25, 0.3) is 0 Å². The van der Waals surface area contributed by atoms with Gasteiger partial charge >= 0.3 is 0 Å². The molecule has 3 nitrogen and oxygen atoms in total. The minimum absolute atomic E-state index is 0.188. The van der Waals surface area contributed by atoms with Gasteiger partial charge < -0.3 is 14.8 Å². The van der Waals surface area contributed by atoms with E-state index < -0.39 is 0 Å². The van der Waals surface area contributed by atoms with Crippen molar-refractivity contribution in [3.05, 3.63) is 56.0 Å². The Labute approximate surface area is 139 Å². The lowest BCUT2D eigenvalue weighted by Crippen LogP contribution is -2.30. The topological polar surface area (TPSA) is 30.5 Å². The van der Waals surface area contributed by atoms with E-state index in [2.05, 4.69) is 67.5 Å². The van der Waals surface area contributed by atoms with Gasteiger partial charge in [-0.2, -0.15) is 0 Å². The molecular weight excluding hydrogens is 398 g/mol. The summed E-state index contributed by atoms with van der Waals surface area (Å²) in [4.78, 5) is 0. The van der Waals surface area contributed by atoms with Crippen molar-refractivity contribution in [3.63, 3.8) is 0 Å². The fraction of sp³-hybridized carbons (Fsp3) is 0.250. The van der Waals surface area contributed by atoms with Crippen LogP contribution in [0.15, 0.2) is 39.3 Å². The van der Waals surface area contributed by atoms with E-state index in [4.69, 9.17) is 9.47 Å². The molecular formula is C16H13Br2NO2. The number of fused-ring (bicyclic) bond motifs is 2. The molecule has 0 bridgehead atoms. The van der Waals surface area contributed by atoms with Gasteiger partial charge in [-0.05, 0) is 79.2 Å². The number of hydrogen-bond donors (Lipinski definition) is 1. The molecule has 2 aromatic rings. The number of nitrogens with one attached hydrogen (secondary N) is 1. The van der Waals surface area contributed by atoms with Crippen LogP contribution in [0.4, 0.5) is 0 Å². The van der Waals surface area contributed by atoms with Crippen molar-refractivity contribution in [2.75, 3.05) is 13.3 Å². The smallest absolute Gasteiger partial charge is 0.231 e. The van der Waals surface area contributed by atoms with Crippen LogP contribution >= 0.6 is 31.9 Å². The molecule has 0 amide bonds. The van der Waals surface area contributed by atoms with Crippen LogP contribution in [0.1, 0.15) is 22.7 Å². The summed E-state index contributed by atoms with van der Waals surface area (Å²) in [6.07, 6.45) is 1.01. The summed E-state index contributed by atoms with van der Waals surface area (Å²) in [6, 6.07) is 10.8. The molecule has 0 saturated heterocycles. The van der Waals surface area contributed by atoms with Crippen molar-refractivity contribution in [3.8, 4) is 11.5 Å². The zero-order chi connectivity index (χ0) is 14.4. The van der Waals surface area contributed by atoms with Gasteiger partial charge in [-0.25, -0.2) is 0 Å². The van der Waals surface area contributed by atoms with E-state index in [0.29, 0.717) is 6.79 Å². The third-order valence-electron chi connectivity index (χ3n) is 3.97. The molecule has 2 aromatic carbocycles. The highest BCUT2D eigenvalue weighted by molar-refractivity contribution is 9.13. The summed E-state index contributed by atoms with van der Waals surface area (Å²) in [5.74, 6) is 1.71. The lowest BCUT2D eigenvalue weighted by Gasteiger charge is -2.28. The van der Waals surface area contributed by atoms with Gasteiger partial charge in [-0.1, -0.05) is 6.07 Å². The molecule has 0 saturated carbocycles. The Morgan fingerprint density at radius 1 is 1.00 bits per heavy atom. The molecule has 1 unspecified atom stereocenters. The van der Waals surface area contributed by atoms with E-state index in [-0.39, 0.29) is 6.04 Å². The van der Waals surface area contributed by atoms with Crippen LogP contribution in [-0.2, 0) is 6.42 Å². The first-order valence-corrected chi connectivity index (χ1v) is 8.42. The molecule has 108 valence electrons. The molecule has 1 N–H and O–H groups in total.